The Balaban J connectivity index is 2.20. The van der Waals surface area contributed by atoms with Crippen LogP contribution in [-0.4, -0.2) is 16.3 Å². The van der Waals surface area contributed by atoms with Gasteiger partial charge in [0.15, 0.2) is 0 Å². The molecule has 0 aliphatic carbocycles. The maximum absolute atomic E-state index is 13.7. The molecule has 0 aliphatic heterocycles. The highest BCUT2D eigenvalue weighted by Crippen LogP contribution is 2.29. The molecule has 0 saturated heterocycles. The Morgan fingerprint density at radius 2 is 1.96 bits per heavy atom. The Hall–Kier alpha value is -2.73. The van der Waals surface area contributed by atoms with Gasteiger partial charge in [0, 0.05) is 11.6 Å². The summed E-state index contributed by atoms with van der Waals surface area (Å²) >= 11 is 5.82. The van der Waals surface area contributed by atoms with Crippen LogP contribution in [0.25, 0.3) is 16.9 Å². The van der Waals surface area contributed by atoms with Crippen molar-refractivity contribution in [3.05, 3.63) is 64.7 Å². The molecule has 0 spiro atoms. The quantitative estimate of drug-likeness (QED) is 0.660. The third-order valence-electron chi connectivity index (χ3n) is 3.34. The molecule has 0 N–H and O–H groups in total. The number of carbonyl (C=O) groups excluding carboxylic acids is 1. The topological polar surface area (TPSA) is 44.1 Å². The number of benzene rings is 2. The van der Waals surface area contributed by atoms with E-state index in [0.717, 1.165) is 0 Å². The highest BCUT2D eigenvalue weighted by Gasteiger charge is 2.15. The average Bonchev–Trinajstić information content (AvgIpc) is 2.93. The van der Waals surface area contributed by atoms with E-state index < -0.39 is 11.6 Å². The first kappa shape index (κ1) is 16.1. The van der Waals surface area contributed by atoms with Crippen molar-refractivity contribution in [1.82, 2.24) is 9.78 Å². The lowest BCUT2D eigenvalue weighted by molar-refractivity contribution is -0.120. The van der Waals surface area contributed by atoms with E-state index in [1.165, 1.54) is 41.1 Å². The van der Waals surface area contributed by atoms with Gasteiger partial charge < -0.3 is 4.74 Å². The summed E-state index contributed by atoms with van der Waals surface area (Å²) in [4.78, 5) is 10.6. The zero-order valence-electron chi connectivity index (χ0n) is 12.5. The first-order valence-electron chi connectivity index (χ1n) is 6.91. The van der Waals surface area contributed by atoms with Crippen molar-refractivity contribution in [1.29, 1.82) is 0 Å². The van der Waals surface area contributed by atoms with Crippen LogP contribution in [-0.2, 0) is 4.79 Å². The van der Waals surface area contributed by atoms with Gasteiger partial charge in [0.1, 0.15) is 11.6 Å². The van der Waals surface area contributed by atoms with Gasteiger partial charge in [-0.3, -0.25) is 4.79 Å². The SMILES string of the molecule is Cc1cc(F)cc(-c2cc(OC=O)nn2-c2ccc(F)c(Cl)c2)c1. The minimum Gasteiger partial charge on any atom is -0.408 e. The number of carbonyl (C=O) groups is 1. The molecule has 0 fully saturated rings. The molecular weight excluding hydrogens is 338 g/mol. The number of halogens is 3. The van der Waals surface area contributed by atoms with E-state index in [0.29, 0.717) is 22.5 Å². The first-order chi connectivity index (χ1) is 11.5. The van der Waals surface area contributed by atoms with Crippen LogP contribution in [0.3, 0.4) is 0 Å². The number of aryl methyl sites for hydroxylation is 1. The predicted molar refractivity (Wildman–Crippen MR) is 85.4 cm³/mol. The smallest absolute Gasteiger partial charge is 0.299 e. The summed E-state index contributed by atoms with van der Waals surface area (Å²) in [6.07, 6.45) is 0. The fourth-order valence-corrected chi connectivity index (χ4v) is 2.54. The molecule has 3 rings (SSSR count). The average molecular weight is 349 g/mol. The number of hydrogen-bond donors (Lipinski definition) is 0. The molecular formula is C17H11ClF2N2O2. The lowest BCUT2D eigenvalue weighted by Gasteiger charge is -2.09. The van der Waals surface area contributed by atoms with Crippen LogP contribution in [0.2, 0.25) is 5.02 Å². The van der Waals surface area contributed by atoms with E-state index in [-0.39, 0.29) is 17.4 Å². The third kappa shape index (κ3) is 3.14. The maximum atomic E-state index is 13.7. The number of ether oxygens (including phenoxy) is 1. The Morgan fingerprint density at radius 3 is 2.62 bits per heavy atom. The van der Waals surface area contributed by atoms with Crippen molar-refractivity contribution < 1.29 is 18.3 Å². The largest absolute Gasteiger partial charge is 0.408 e. The number of nitrogens with zero attached hydrogens (tertiary/aromatic N) is 2. The predicted octanol–water partition coefficient (Wildman–Crippen LogP) is 4.31. The molecule has 24 heavy (non-hydrogen) atoms. The Bertz CT molecular complexity index is 905. The fraction of sp³-hybridized carbons (Fsp3) is 0.0588. The molecule has 0 radical (unpaired) electrons. The van der Waals surface area contributed by atoms with Crippen LogP contribution in [0.1, 0.15) is 5.56 Å². The Labute approximate surface area is 141 Å². The standard InChI is InChI=1S/C17H11ClF2N2O2/c1-10-4-11(6-12(19)5-10)16-8-17(24-9-23)21-22(16)13-2-3-15(20)14(18)7-13/h2-9H,1H3. The minimum atomic E-state index is -0.569. The molecule has 122 valence electrons. The van der Waals surface area contributed by atoms with Gasteiger partial charge in [-0.05, 0) is 48.9 Å². The van der Waals surface area contributed by atoms with Gasteiger partial charge in [-0.1, -0.05) is 11.6 Å². The lowest BCUT2D eigenvalue weighted by atomic mass is 10.1. The molecule has 2 aromatic carbocycles. The van der Waals surface area contributed by atoms with E-state index in [9.17, 15) is 13.6 Å². The second-order valence-electron chi connectivity index (χ2n) is 5.11. The van der Waals surface area contributed by atoms with Crippen molar-refractivity contribution in [2.45, 2.75) is 6.92 Å². The molecule has 1 heterocycles. The van der Waals surface area contributed by atoms with Crippen LogP contribution in [0.15, 0.2) is 42.5 Å². The molecule has 1 aromatic heterocycles. The minimum absolute atomic E-state index is 0.0300. The van der Waals surface area contributed by atoms with Gasteiger partial charge in [-0.25, -0.2) is 13.5 Å². The normalized spacial score (nSPS) is 10.7. The summed E-state index contributed by atoms with van der Waals surface area (Å²) in [5, 5.41) is 4.06. The van der Waals surface area contributed by atoms with E-state index in [1.54, 1.807) is 13.0 Å². The highest BCUT2D eigenvalue weighted by molar-refractivity contribution is 6.30. The number of aromatic nitrogens is 2. The van der Waals surface area contributed by atoms with Crippen LogP contribution in [0.4, 0.5) is 8.78 Å². The van der Waals surface area contributed by atoms with Crippen LogP contribution in [0.5, 0.6) is 5.88 Å². The zero-order chi connectivity index (χ0) is 17.3. The molecule has 0 bridgehead atoms. The van der Waals surface area contributed by atoms with E-state index in [1.807, 2.05) is 0 Å². The van der Waals surface area contributed by atoms with E-state index in [2.05, 4.69) is 5.10 Å². The Morgan fingerprint density at radius 1 is 1.17 bits per heavy atom. The van der Waals surface area contributed by atoms with Crippen molar-refractivity contribution in [2.75, 3.05) is 0 Å². The Kier molecular flexibility index (Phi) is 4.31. The van der Waals surface area contributed by atoms with E-state index >= 15 is 0 Å². The summed E-state index contributed by atoms with van der Waals surface area (Å²) in [6, 6.07) is 10.0. The second kappa shape index (κ2) is 6.41. The van der Waals surface area contributed by atoms with Crippen molar-refractivity contribution in [3.8, 4) is 22.8 Å². The van der Waals surface area contributed by atoms with Gasteiger partial charge in [0.05, 0.1) is 16.4 Å². The van der Waals surface area contributed by atoms with Crippen molar-refractivity contribution >= 4 is 18.1 Å². The number of hydrogen-bond acceptors (Lipinski definition) is 3. The molecule has 0 amide bonds. The van der Waals surface area contributed by atoms with Gasteiger partial charge in [0.2, 0.25) is 5.88 Å². The summed E-state index contributed by atoms with van der Waals surface area (Å²) < 4.78 is 33.3. The molecule has 7 heteroatoms. The van der Waals surface area contributed by atoms with Crippen LogP contribution in [0, 0.1) is 18.6 Å². The first-order valence-corrected chi connectivity index (χ1v) is 7.29. The van der Waals surface area contributed by atoms with Gasteiger partial charge >= 0.3 is 0 Å². The summed E-state index contributed by atoms with van der Waals surface area (Å²) in [5.74, 6) is -0.949. The molecule has 0 saturated carbocycles. The summed E-state index contributed by atoms with van der Waals surface area (Å²) in [6.45, 7) is 2.00. The van der Waals surface area contributed by atoms with Gasteiger partial charge in [-0.2, -0.15) is 0 Å². The molecule has 0 unspecified atom stereocenters. The third-order valence-corrected chi connectivity index (χ3v) is 3.63. The van der Waals surface area contributed by atoms with E-state index in [4.69, 9.17) is 16.3 Å². The van der Waals surface area contributed by atoms with Gasteiger partial charge in [-0.15, -0.1) is 5.10 Å². The number of rotatable bonds is 4. The molecule has 3 aromatic rings. The summed E-state index contributed by atoms with van der Waals surface area (Å²) in [7, 11) is 0. The van der Waals surface area contributed by atoms with Gasteiger partial charge in [0.25, 0.3) is 6.47 Å². The molecule has 4 nitrogen and oxygen atoms in total. The molecule has 0 aliphatic rings. The van der Waals surface area contributed by atoms with Crippen molar-refractivity contribution in [2.24, 2.45) is 0 Å². The van der Waals surface area contributed by atoms with Crippen LogP contribution < -0.4 is 4.74 Å². The van der Waals surface area contributed by atoms with Crippen LogP contribution >= 0.6 is 11.6 Å². The maximum Gasteiger partial charge on any atom is 0.299 e. The fourth-order valence-electron chi connectivity index (χ4n) is 2.37. The summed E-state index contributed by atoms with van der Waals surface area (Å²) in [5.41, 5.74) is 2.16. The molecule has 0 atom stereocenters. The monoisotopic (exact) mass is 348 g/mol. The zero-order valence-corrected chi connectivity index (χ0v) is 13.2. The van der Waals surface area contributed by atoms with Crippen molar-refractivity contribution in [3.63, 3.8) is 0 Å². The lowest BCUT2D eigenvalue weighted by Crippen LogP contribution is -2.00. The second-order valence-corrected chi connectivity index (χ2v) is 5.52. The highest BCUT2D eigenvalue weighted by atomic mass is 35.5.